The molecule has 77 valence electrons. The highest BCUT2D eigenvalue weighted by Crippen LogP contribution is 2.25. The van der Waals surface area contributed by atoms with E-state index in [0.717, 1.165) is 6.42 Å². The van der Waals surface area contributed by atoms with E-state index in [1.807, 2.05) is 6.92 Å². The molecule has 0 heterocycles. The Hall–Kier alpha value is -0.185. The predicted octanol–water partition coefficient (Wildman–Crippen LogP) is 2.76. The van der Waals surface area contributed by atoms with Crippen LogP contribution in [-0.2, 0) is 4.74 Å². The van der Waals surface area contributed by atoms with E-state index in [2.05, 4.69) is 4.74 Å². The highest BCUT2D eigenvalue weighted by atomic mass is 19.3. The maximum Gasteiger partial charge on any atom is 0.386 e. The van der Waals surface area contributed by atoms with Crippen LogP contribution in [0.15, 0.2) is 0 Å². The Kier molecular flexibility index (Phi) is 8.52. The van der Waals surface area contributed by atoms with Gasteiger partial charge in [-0.15, -0.1) is 0 Å². The van der Waals surface area contributed by atoms with Crippen LogP contribution >= 0.6 is 0 Å². The molecule has 5 heteroatoms. The molecule has 0 amide bonds. The van der Waals surface area contributed by atoms with Crippen molar-refractivity contribution in [1.82, 2.24) is 0 Å². The molecule has 0 fully saturated rings. The molecule has 13 heavy (non-hydrogen) atoms. The van der Waals surface area contributed by atoms with E-state index in [4.69, 9.17) is 0 Å². The molecule has 0 aliphatic heterocycles. The van der Waals surface area contributed by atoms with Gasteiger partial charge in [-0.2, -0.15) is 8.78 Å². The van der Waals surface area contributed by atoms with Gasteiger partial charge in [-0.25, -0.2) is 4.39 Å². The number of hydrogen-bond donors (Lipinski definition) is 0. The summed E-state index contributed by atoms with van der Waals surface area (Å²) in [5.74, 6) is 0. The van der Waals surface area contributed by atoms with Crippen molar-refractivity contribution in [1.29, 1.82) is 0 Å². The highest BCUT2D eigenvalue weighted by molar-refractivity contribution is 5.75. The van der Waals surface area contributed by atoms with Gasteiger partial charge in [0.1, 0.15) is 0 Å². The second-order valence-electron chi connectivity index (χ2n) is 2.64. The fourth-order valence-electron chi connectivity index (χ4n) is 0.681. The van der Waals surface area contributed by atoms with Crippen molar-refractivity contribution in [2.75, 3.05) is 6.61 Å². The minimum Gasteiger partial charge on any atom is -0.318 e. The van der Waals surface area contributed by atoms with Gasteiger partial charge >= 0.3 is 6.11 Å². The van der Waals surface area contributed by atoms with Crippen LogP contribution < -0.4 is 0 Å². The molecule has 0 aliphatic rings. The molecular weight excluding hydrogens is 180 g/mol. The molecule has 0 aromatic rings. The third-order valence-electron chi connectivity index (χ3n) is 1.52. The molecule has 0 saturated carbocycles. The van der Waals surface area contributed by atoms with E-state index < -0.39 is 12.3 Å². The number of halogens is 3. The average Bonchev–Trinajstić information content (AvgIpc) is 2.03. The molecule has 3 radical (unpaired) electrons. The summed E-state index contributed by atoms with van der Waals surface area (Å²) in [6.07, 6.45) is -4.72. The van der Waals surface area contributed by atoms with E-state index >= 15 is 0 Å². The van der Waals surface area contributed by atoms with E-state index in [1.165, 1.54) is 6.92 Å². The summed E-state index contributed by atoms with van der Waals surface area (Å²) in [6, 6.07) is 0. The number of alkyl halides is 3. The van der Waals surface area contributed by atoms with E-state index in [-0.39, 0.29) is 21.4 Å². The van der Waals surface area contributed by atoms with E-state index in [1.54, 1.807) is 0 Å². The van der Waals surface area contributed by atoms with Crippen LogP contribution in [0.1, 0.15) is 33.1 Å². The van der Waals surface area contributed by atoms with E-state index in [9.17, 15) is 13.2 Å². The second kappa shape index (κ2) is 7.24. The Morgan fingerprint density at radius 2 is 1.85 bits per heavy atom. The monoisotopic (exact) mass is 195 g/mol. The van der Waals surface area contributed by atoms with Gasteiger partial charge in [0.2, 0.25) is 0 Å². The summed E-state index contributed by atoms with van der Waals surface area (Å²) < 4.78 is 41.7. The van der Waals surface area contributed by atoms with Crippen molar-refractivity contribution in [3.63, 3.8) is 0 Å². The van der Waals surface area contributed by atoms with Crippen LogP contribution in [0.3, 0.4) is 0 Å². The van der Waals surface area contributed by atoms with Gasteiger partial charge in [0, 0.05) is 8.41 Å². The second-order valence-corrected chi connectivity index (χ2v) is 2.64. The van der Waals surface area contributed by atoms with Crippen molar-refractivity contribution >= 4 is 8.41 Å². The van der Waals surface area contributed by atoms with Gasteiger partial charge in [-0.05, 0) is 12.8 Å². The van der Waals surface area contributed by atoms with E-state index in [0.29, 0.717) is 6.42 Å². The summed E-state index contributed by atoms with van der Waals surface area (Å²) in [5, 5.41) is 0. The Morgan fingerprint density at radius 1 is 1.31 bits per heavy atom. The van der Waals surface area contributed by atoms with Crippen molar-refractivity contribution in [3.8, 4) is 0 Å². The number of unbranched alkanes of at least 4 members (excludes halogenated alkanes) is 1. The molecule has 0 saturated heterocycles. The fraction of sp³-hybridized carbons (Fsp3) is 1.00. The maximum atomic E-state index is 12.5. The standard InChI is InChI=1S/C8H15F3O.B/c1-3-5-6-12-8(10,11)7(9)4-2;/h7H,3-6H2,1-2H3;. The van der Waals surface area contributed by atoms with Crippen LogP contribution in [-0.4, -0.2) is 27.3 Å². The average molecular weight is 195 g/mol. The van der Waals surface area contributed by atoms with Gasteiger partial charge in [0.15, 0.2) is 6.17 Å². The zero-order valence-electron chi connectivity index (χ0n) is 8.03. The van der Waals surface area contributed by atoms with Crippen LogP contribution in [0.5, 0.6) is 0 Å². The zero-order valence-corrected chi connectivity index (χ0v) is 8.03. The molecule has 1 atom stereocenters. The minimum absolute atomic E-state index is 0. The normalized spacial score (nSPS) is 13.6. The Bertz CT molecular complexity index is 122. The van der Waals surface area contributed by atoms with Crippen molar-refractivity contribution in [3.05, 3.63) is 0 Å². The first kappa shape index (κ1) is 15.3. The van der Waals surface area contributed by atoms with Crippen molar-refractivity contribution in [2.24, 2.45) is 0 Å². The lowest BCUT2D eigenvalue weighted by Gasteiger charge is -2.19. The first-order chi connectivity index (χ1) is 5.54. The smallest absolute Gasteiger partial charge is 0.318 e. The number of ether oxygens (including phenoxy) is 1. The molecule has 0 aromatic carbocycles. The predicted molar refractivity (Wildman–Crippen MR) is 46.7 cm³/mol. The molecule has 0 spiro atoms. The largest absolute Gasteiger partial charge is 0.386 e. The summed E-state index contributed by atoms with van der Waals surface area (Å²) >= 11 is 0. The third-order valence-corrected chi connectivity index (χ3v) is 1.52. The molecule has 0 bridgehead atoms. The topological polar surface area (TPSA) is 9.23 Å². The summed E-state index contributed by atoms with van der Waals surface area (Å²) in [5.41, 5.74) is 0. The zero-order chi connectivity index (χ0) is 9.61. The van der Waals surface area contributed by atoms with Gasteiger partial charge in [-0.3, -0.25) is 0 Å². The van der Waals surface area contributed by atoms with Gasteiger partial charge in [-0.1, -0.05) is 20.3 Å². The highest BCUT2D eigenvalue weighted by Gasteiger charge is 2.39. The Morgan fingerprint density at radius 3 is 2.23 bits per heavy atom. The molecule has 1 nitrogen and oxygen atoms in total. The first-order valence-electron chi connectivity index (χ1n) is 4.20. The number of rotatable bonds is 6. The maximum absolute atomic E-state index is 12.5. The molecule has 0 aliphatic carbocycles. The van der Waals surface area contributed by atoms with Crippen LogP contribution in [0.2, 0.25) is 0 Å². The first-order valence-corrected chi connectivity index (χ1v) is 4.20. The lowest BCUT2D eigenvalue weighted by Crippen LogP contribution is -2.33. The SMILES string of the molecule is CCCCOC(F)(F)C(F)CC.[B]. The Balaban J connectivity index is 0. The Labute approximate surface area is 79.2 Å². The number of hydrogen-bond acceptors (Lipinski definition) is 1. The third kappa shape index (κ3) is 5.96. The quantitative estimate of drug-likeness (QED) is 0.467. The molecule has 0 aromatic heterocycles. The molecular formula is C8H15BF3O. The minimum atomic E-state index is -3.61. The van der Waals surface area contributed by atoms with Gasteiger partial charge < -0.3 is 4.74 Å². The van der Waals surface area contributed by atoms with Crippen LogP contribution in [0, 0.1) is 0 Å². The molecule has 0 rings (SSSR count). The van der Waals surface area contributed by atoms with Gasteiger partial charge in [0.05, 0.1) is 6.61 Å². The van der Waals surface area contributed by atoms with Crippen molar-refractivity contribution in [2.45, 2.75) is 45.4 Å². The summed E-state index contributed by atoms with van der Waals surface area (Å²) in [6.45, 7) is 3.14. The summed E-state index contributed by atoms with van der Waals surface area (Å²) in [7, 11) is 0. The van der Waals surface area contributed by atoms with Crippen LogP contribution in [0.25, 0.3) is 0 Å². The van der Waals surface area contributed by atoms with Crippen molar-refractivity contribution < 1.29 is 17.9 Å². The molecule has 0 N–H and O–H groups in total. The lowest BCUT2D eigenvalue weighted by molar-refractivity contribution is -0.273. The van der Waals surface area contributed by atoms with Gasteiger partial charge in [0.25, 0.3) is 0 Å². The molecule has 1 unspecified atom stereocenters. The summed E-state index contributed by atoms with van der Waals surface area (Å²) in [4.78, 5) is 0. The fourth-order valence-corrected chi connectivity index (χ4v) is 0.681. The lowest BCUT2D eigenvalue weighted by atomic mass is 10.3. The van der Waals surface area contributed by atoms with Crippen LogP contribution in [0.4, 0.5) is 13.2 Å².